The number of nitro groups is 1. The van der Waals surface area contributed by atoms with Crippen LogP contribution in [0.3, 0.4) is 0 Å². The summed E-state index contributed by atoms with van der Waals surface area (Å²) in [5, 5.41) is 11.9. The molecular weight excluding hydrogens is 216 g/mol. The zero-order valence-corrected chi connectivity index (χ0v) is 10.5. The highest BCUT2D eigenvalue weighted by atomic mass is 16.6. The minimum atomic E-state index is -0.332. The van der Waals surface area contributed by atoms with Gasteiger partial charge in [0.15, 0.2) is 0 Å². The number of non-ortho nitro benzene ring substituents is 1. The van der Waals surface area contributed by atoms with Crippen molar-refractivity contribution in [1.29, 1.82) is 0 Å². The van der Waals surface area contributed by atoms with Crippen LogP contribution in [0.5, 0.6) is 0 Å². The summed E-state index contributed by atoms with van der Waals surface area (Å²) in [5.74, 6) is 0. The van der Waals surface area contributed by atoms with Crippen LogP contribution in [-0.2, 0) is 12.5 Å². The van der Waals surface area contributed by atoms with Crippen LogP contribution in [0.2, 0.25) is 0 Å². The van der Waals surface area contributed by atoms with Crippen LogP contribution in [0.4, 0.5) is 5.69 Å². The molecule has 0 aliphatic heterocycles. The molecule has 1 aromatic heterocycles. The van der Waals surface area contributed by atoms with Gasteiger partial charge in [0.25, 0.3) is 5.69 Å². The first-order valence-corrected chi connectivity index (χ1v) is 5.54. The van der Waals surface area contributed by atoms with Gasteiger partial charge in [-0.05, 0) is 17.0 Å². The maximum atomic E-state index is 10.9. The molecule has 1 aromatic carbocycles. The molecule has 1 heterocycles. The molecule has 2 rings (SSSR count). The van der Waals surface area contributed by atoms with Crippen molar-refractivity contribution in [3.63, 3.8) is 0 Å². The van der Waals surface area contributed by atoms with E-state index in [2.05, 4.69) is 20.8 Å². The molecule has 0 spiro atoms. The third kappa shape index (κ3) is 1.90. The Labute approximate surface area is 100 Å². The van der Waals surface area contributed by atoms with Gasteiger partial charge in [0.05, 0.1) is 10.4 Å². The fraction of sp³-hybridized carbons (Fsp3) is 0.385. The molecule has 0 N–H and O–H groups in total. The molecule has 0 unspecified atom stereocenters. The number of nitrogens with zero attached hydrogens (tertiary/aromatic N) is 2. The fourth-order valence-electron chi connectivity index (χ4n) is 2.11. The van der Waals surface area contributed by atoms with Crippen molar-refractivity contribution in [1.82, 2.24) is 4.57 Å². The third-order valence-electron chi connectivity index (χ3n) is 2.97. The van der Waals surface area contributed by atoms with Gasteiger partial charge >= 0.3 is 0 Å². The summed E-state index contributed by atoms with van der Waals surface area (Å²) in [6.45, 7) is 6.20. The van der Waals surface area contributed by atoms with E-state index in [-0.39, 0.29) is 16.0 Å². The molecule has 0 aliphatic carbocycles. The molecule has 4 nitrogen and oxygen atoms in total. The van der Waals surface area contributed by atoms with E-state index in [9.17, 15) is 10.1 Å². The zero-order valence-electron chi connectivity index (χ0n) is 10.5. The number of hydrogen-bond donors (Lipinski definition) is 0. The highest BCUT2D eigenvalue weighted by Gasteiger charge is 2.22. The second-order valence-corrected chi connectivity index (χ2v) is 5.36. The highest BCUT2D eigenvalue weighted by Crippen LogP contribution is 2.33. The van der Waals surface area contributed by atoms with Crippen LogP contribution >= 0.6 is 0 Å². The minimum Gasteiger partial charge on any atom is -0.350 e. The molecule has 0 saturated carbocycles. The van der Waals surface area contributed by atoms with Gasteiger partial charge in [-0.3, -0.25) is 10.1 Å². The van der Waals surface area contributed by atoms with E-state index in [1.54, 1.807) is 12.1 Å². The number of benzene rings is 1. The number of hydrogen-bond acceptors (Lipinski definition) is 2. The first kappa shape index (κ1) is 11.6. The van der Waals surface area contributed by atoms with Gasteiger partial charge in [-0.2, -0.15) is 0 Å². The average molecular weight is 232 g/mol. The summed E-state index contributed by atoms with van der Waals surface area (Å²) in [4.78, 5) is 10.6. The second kappa shape index (κ2) is 3.58. The fourth-order valence-corrected chi connectivity index (χ4v) is 2.11. The van der Waals surface area contributed by atoms with E-state index in [1.165, 1.54) is 0 Å². The van der Waals surface area contributed by atoms with E-state index >= 15 is 0 Å². The molecule has 0 radical (unpaired) electrons. The highest BCUT2D eigenvalue weighted by molar-refractivity contribution is 5.86. The Hall–Kier alpha value is -1.84. The van der Waals surface area contributed by atoms with Gasteiger partial charge in [0.2, 0.25) is 0 Å². The summed E-state index contributed by atoms with van der Waals surface area (Å²) >= 11 is 0. The number of nitro benzene ring substituents is 1. The molecule has 0 saturated heterocycles. The molecule has 0 bridgehead atoms. The topological polar surface area (TPSA) is 48.1 Å². The van der Waals surface area contributed by atoms with E-state index in [0.29, 0.717) is 0 Å². The molecule has 0 atom stereocenters. The molecule has 0 fully saturated rings. The second-order valence-electron chi connectivity index (χ2n) is 5.36. The van der Waals surface area contributed by atoms with Crippen molar-refractivity contribution in [2.45, 2.75) is 26.2 Å². The summed E-state index contributed by atoms with van der Waals surface area (Å²) in [6, 6.07) is 5.23. The zero-order chi connectivity index (χ0) is 12.8. The first-order valence-electron chi connectivity index (χ1n) is 5.54. The minimum absolute atomic E-state index is 0.115. The Balaban J connectivity index is 2.86. The number of rotatable bonds is 1. The lowest BCUT2D eigenvalue weighted by atomic mass is 9.85. The Morgan fingerprint density at radius 2 is 1.94 bits per heavy atom. The van der Waals surface area contributed by atoms with Crippen LogP contribution in [0.1, 0.15) is 26.3 Å². The van der Waals surface area contributed by atoms with Crippen molar-refractivity contribution in [2.24, 2.45) is 7.05 Å². The van der Waals surface area contributed by atoms with Crippen LogP contribution in [0.15, 0.2) is 24.4 Å². The molecule has 0 aliphatic rings. The third-order valence-corrected chi connectivity index (χ3v) is 2.97. The van der Waals surface area contributed by atoms with Crippen LogP contribution in [0.25, 0.3) is 10.9 Å². The molecule has 0 amide bonds. The molecule has 2 aromatic rings. The summed E-state index contributed by atoms with van der Waals surface area (Å²) in [7, 11) is 1.96. The van der Waals surface area contributed by atoms with Gasteiger partial charge in [0, 0.05) is 30.8 Å². The van der Waals surface area contributed by atoms with Crippen molar-refractivity contribution in [3.05, 3.63) is 40.1 Å². The normalized spacial score (nSPS) is 12.0. The van der Waals surface area contributed by atoms with Gasteiger partial charge < -0.3 is 4.57 Å². The van der Waals surface area contributed by atoms with Crippen LogP contribution in [-0.4, -0.2) is 9.49 Å². The van der Waals surface area contributed by atoms with Crippen molar-refractivity contribution < 1.29 is 4.92 Å². The number of aromatic nitrogens is 1. The Morgan fingerprint density at radius 1 is 1.29 bits per heavy atom. The standard InChI is InChI=1S/C13H16N2O2/c1-13(2,3)11-8-10(15(16)17)7-9-5-6-14(4)12(9)11/h5-8H,1-4H3. The smallest absolute Gasteiger partial charge is 0.270 e. The summed E-state index contributed by atoms with van der Waals surface area (Å²) in [6.07, 6.45) is 1.93. The predicted octanol–water partition coefficient (Wildman–Crippen LogP) is 3.38. The average Bonchev–Trinajstić information content (AvgIpc) is 2.58. The monoisotopic (exact) mass is 232 g/mol. The van der Waals surface area contributed by atoms with Gasteiger partial charge in [-0.25, -0.2) is 0 Å². The lowest BCUT2D eigenvalue weighted by molar-refractivity contribution is -0.384. The number of fused-ring (bicyclic) bond motifs is 1. The maximum absolute atomic E-state index is 10.9. The van der Waals surface area contributed by atoms with E-state index in [1.807, 2.05) is 23.9 Å². The molecule has 17 heavy (non-hydrogen) atoms. The largest absolute Gasteiger partial charge is 0.350 e. The van der Waals surface area contributed by atoms with Crippen molar-refractivity contribution >= 4 is 16.6 Å². The van der Waals surface area contributed by atoms with Gasteiger partial charge in [0.1, 0.15) is 0 Å². The molecule has 4 heteroatoms. The van der Waals surface area contributed by atoms with Gasteiger partial charge in [-0.15, -0.1) is 0 Å². The Morgan fingerprint density at radius 3 is 2.47 bits per heavy atom. The van der Waals surface area contributed by atoms with E-state index in [4.69, 9.17) is 0 Å². The Bertz CT molecular complexity index is 591. The summed E-state index contributed by atoms with van der Waals surface area (Å²) < 4.78 is 2.01. The molecular formula is C13H16N2O2. The number of aryl methyl sites for hydroxylation is 1. The van der Waals surface area contributed by atoms with E-state index < -0.39 is 0 Å². The molecule has 90 valence electrons. The lowest BCUT2D eigenvalue weighted by Gasteiger charge is -2.20. The Kier molecular flexibility index (Phi) is 2.45. The van der Waals surface area contributed by atoms with Crippen molar-refractivity contribution in [3.8, 4) is 0 Å². The SMILES string of the molecule is Cn1ccc2cc([N+](=O)[O-])cc(C(C)(C)C)c21. The van der Waals surface area contributed by atoms with Crippen LogP contribution < -0.4 is 0 Å². The first-order chi connectivity index (χ1) is 7.80. The predicted molar refractivity (Wildman–Crippen MR) is 68.3 cm³/mol. The maximum Gasteiger partial charge on any atom is 0.270 e. The van der Waals surface area contributed by atoms with Crippen molar-refractivity contribution in [2.75, 3.05) is 0 Å². The van der Waals surface area contributed by atoms with Crippen LogP contribution in [0, 0.1) is 10.1 Å². The summed E-state index contributed by atoms with van der Waals surface area (Å²) in [5.41, 5.74) is 2.13. The van der Waals surface area contributed by atoms with Gasteiger partial charge in [-0.1, -0.05) is 20.8 Å². The quantitative estimate of drug-likeness (QED) is 0.559. The lowest BCUT2D eigenvalue weighted by Crippen LogP contribution is -2.13. The van der Waals surface area contributed by atoms with E-state index in [0.717, 1.165) is 16.5 Å².